The predicted octanol–water partition coefficient (Wildman–Crippen LogP) is 3.38. The van der Waals surface area contributed by atoms with Crippen LogP contribution in [0.15, 0.2) is 45.8 Å². The van der Waals surface area contributed by atoms with Crippen LogP contribution >= 0.6 is 0 Å². The van der Waals surface area contributed by atoms with Gasteiger partial charge >= 0.3 is 0 Å². The second-order valence-corrected chi connectivity index (χ2v) is 6.29. The van der Waals surface area contributed by atoms with E-state index in [9.17, 15) is 4.79 Å². The maximum absolute atomic E-state index is 11.8. The summed E-state index contributed by atoms with van der Waals surface area (Å²) in [4.78, 5) is 14.3. The van der Waals surface area contributed by atoms with Crippen LogP contribution in [0.3, 0.4) is 0 Å². The smallest absolute Gasteiger partial charge is 0.188 e. The van der Waals surface area contributed by atoms with Gasteiger partial charge in [-0.1, -0.05) is 24.3 Å². The molecule has 0 saturated heterocycles. The first kappa shape index (κ1) is 12.8. The highest BCUT2D eigenvalue weighted by atomic mass is 16.3. The number of hydrogen-bond donors (Lipinski definition) is 0. The third-order valence-corrected chi connectivity index (χ3v) is 4.93. The van der Waals surface area contributed by atoms with E-state index in [-0.39, 0.29) is 11.5 Å². The summed E-state index contributed by atoms with van der Waals surface area (Å²) in [7, 11) is 0. The Hall–Kier alpha value is -1.87. The molecule has 0 spiro atoms. The quantitative estimate of drug-likeness (QED) is 0.846. The first-order valence-electron chi connectivity index (χ1n) is 7.58. The van der Waals surface area contributed by atoms with Crippen molar-refractivity contribution in [2.45, 2.75) is 44.8 Å². The van der Waals surface area contributed by atoms with Crippen molar-refractivity contribution in [3.05, 3.63) is 69.3 Å². The molecule has 3 atom stereocenters. The van der Waals surface area contributed by atoms with Crippen molar-refractivity contribution in [1.82, 2.24) is 4.90 Å². The van der Waals surface area contributed by atoms with E-state index in [1.165, 1.54) is 17.5 Å². The molecule has 0 amide bonds. The molecule has 2 aliphatic rings. The molecule has 1 aliphatic carbocycles. The zero-order chi connectivity index (χ0) is 14.6. The Kier molecular flexibility index (Phi) is 2.79. The maximum atomic E-state index is 11.8. The summed E-state index contributed by atoms with van der Waals surface area (Å²) in [5.41, 5.74) is 3.65. The summed E-state index contributed by atoms with van der Waals surface area (Å²) in [6.07, 6.45) is 2.80. The van der Waals surface area contributed by atoms with E-state index in [1.54, 1.807) is 19.3 Å². The number of hydrogen-bond acceptors (Lipinski definition) is 3. The molecule has 1 aliphatic heterocycles. The largest absolute Gasteiger partial charge is 0.467 e. The average molecular weight is 281 g/mol. The fraction of sp³-hybridized carbons (Fsp3) is 0.389. The Labute approximate surface area is 124 Å². The number of rotatable bonds is 2. The number of fused-ring (bicyclic) bond motifs is 3. The van der Waals surface area contributed by atoms with Crippen LogP contribution in [0.2, 0.25) is 0 Å². The van der Waals surface area contributed by atoms with Gasteiger partial charge in [-0.05, 0) is 31.4 Å². The molecule has 0 N–H and O–H groups in total. The molecule has 1 aromatic heterocycles. The van der Waals surface area contributed by atoms with Crippen LogP contribution in [-0.2, 0) is 6.54 Å². The maximum Gasteiger partial charge on any atom is 0.188 e. The molecule has 2 heterocycles. The van der Waals surface area contributed by atoms with Crippen molar-refractivity contribution in [1.29, 1.82) is 0 Å². The first-order valence-corrected chi connectivity index (χ1v) is 7.58. The van der Waals surface area contributed by atoms with Crippen LogP contribution in [0.25, 0.3) is 0 Å². The van der Waals surface area contributed by atoms with E-state index < -0.39 is 0 Å². The topological polar surface area (TPSA) is 33.5 Å². The highest BCUT2D eigenvalue weighted by Gasteiger charge is 2.48. The lowest BCUT2D eigenvalue weighted by Gasteiger charge is -2.33. The molecule has 1 fully saturated rings. The van der Waals surface area contributed by atoms with Crippen LogP contribution < -0.4 is 5.43 Å². The second-order valence-electron chi connectivity index (χ2n) is 6.29. The number of nitrogens with zero attached hydrogens (tertiary/aromatic N) is 1. The zero-order valence-electron chi connectivity index (χ0n) is 12.4. The summed E-state index contributed by atoms with van der Waals surface area (Å²) in [5.74, 6) is 1.44. The van der Waals surface area contributed by atoms with E-state index in [0.29, 0.717) is 17.5 Å². The van der Waals surface area contributed by atoms with E-state index in [0.717, 1.165) is 12.3 Å². The molecule has 1 aromatic carbocycles. The van der Waals surface area contributed by atoms with Gasteiger partial charge in [0.15, 0.2) is 5.43 Å². The standard InChI is InChI=1S/C18H19NO2/c1-11-10-21-18(8-17(11)20)12(2)19-9-13-5-3-4-6-14(13)15-7-16(15)19/h3-6,8,10,12,15-16H,7,9H2,1-2H3. The normalized spacial score (nSPS) is 25.0. The minimum atomic E-state index is 0.0628. The minimum absolute atomic E-state index is 0.0628. The Balaban J connectivity index is 1.66. The third kappa shape index (κ3) is 2.04. The molecular formula is C18H19NO2. The van der Waals surface area contributed by atoms with Gasteiger partial charge < -0.3 is 4.42 Å². The zero-order valence-corrected chi connectivity index (χ0v) is 12.4. The SMILES string of the molecule is Cc1coc(C(C)N2Cc3ccccc3C3CC32)cc1=O. The number of benzene rings is 1. The molecule has 3 nitrogen and oxygen atoms in total. The van der Waals surface area contributed by atoms with Crippen LogP contribution in [0.1, 0.15) is 47.8 Å². The summed E-state index contributed by atoms with van der Waals surface area (Å²) in [6.45, 7) is 4.86. The molecule has 3 unspecified atom stereocenters. The van der Waals surface area contributed by atoms with Crippen molar-refractivity contribution in [3.63, 3.8) is 0 Å². The van der Waals surface area contributed by atoms with Crippen LogP contribution in [0.5, 0.6) is 0 Å². The first-order chi connectivity index (χ1) is 10.1. The van der Waals surface area contributed by atoms with Crippen LogP contribution in [0, 0.1) is 6.92 Å². The van der Waals surface area contributed by atoms with Crippen molar-refractivity contribution < 1.29 is 4.42 Å². The fourth-order valence-corrected chi connectivity index (χ4v) is 3.53. The molecule has 2 aromatic rings. The number of aryl methyl sites for hydroxylation is 1. The molecule has 4 rings (SSSR count). The Morgan fingerprint density at radius 3 is 2.95 bits per heavy atom. The second kappa shape index (κ2) is 4.57. The lowest BCUT2D eigenvalue weighted by molar-refractivity contribution is 0.157. The third-order valence-electron chi connectivity index (χ3n) is 4.93. The van der Waals surface area contributed by atoms with Gasteiger partial charge in [0.05, 0.1) is 12.3 Å². The van der Waals surface area contributed by atoms with Crippen molar-refractivity contribution in [2.24, 2.45) is 0 Å². The Morgan fingerprint density at radius 1 is 1.33 bits per heavy atom. The summed E-state index contributed by atoms with van der Waals surface area (Å²) < 4.78 is 5.67. The van der Waals surface area contributed by atoms with Gasteiger partial charge in [0, 0.05) is 30.1 Å². The van der Waals surface area contributed by atoms with E-state index in [4.69, 9.17) is 4.42 Å². The van der Waals surface area contributed by atoms with Crippen LogP contribution in [-0.4, -0.2) is 10.9 Å². The van der Waals surface area contributed by atoms with E-state index in [2.05, 4.69) is 36.1 Å². The summed E-state index contributed by atoms with van der Waals surface area (Å²) in [6, 6.07) is 11.1. The molecule has 0 bridgehead atoms. The average Bonchev–Trinajstić information content (AvgIpc) is 3.29. The van der Waals surface area contributed by atoms with Crippen molar-refractivity contribution >= 4 is 0 Å². The lowest BCUT2D eigenvalue weighted by atomic mass is 9.98. The van der Waals surface area contributed by atoms with Gasteiger partial charge in [-0.3, -0.25) is 9.69 Å². The van der Waals surface area contributed by atoms with Crippen LogP contribution in [0.4, 0.5) is 0 Å². The van der Waals surface area contributed by atoms with Gasteiger partial charge in [0.25, 0.3) is 0 Å². The fourth-order valence-electron chi connectivity index (χ4n) is 3.53. The van der Waals surface area contributed by atoms with Gasteiger partial charge in [0.1, 0.15) is 5.76 Å². The molecule has 21 heavy (non-hydrogen) atoms. The highest BCUT2D eigenvalue weighted by molar-refractivity contribution is 5.39. The molecule has 3 heteroatoms. The lowest BCUT2D eigenvalue weighted by Crippen LogP contribution is -2.33. The molecule has 1 saturated carbocycles. The molecule has 0 radical (unpaired) electrons. The Bertz CT molecular complexity index is 749. The van der Waals surface area contributed by atoms with E-state index in [1.807, 2.05) is 0 Å². The predicted molar refractivity (Wildman–Crippen MR) is 81.3 cm³/mol. The summed E-state index contributed by atoms with van der Waals surface area (Å²) in [5, 5.41) is 0. The van der Waals surface area contributed by atoms with Crippen molar-refractivity contribution in [2.75, 3.05) is 0 Å². The molecule has 108 valence electrons. The monoisotopic (exact) mass is 281 g/mol. The minimum Gasteiger partial charge on any atom is -0.467 e. The molecular weight excluding hydrogens is 262 g/mol. The van der Waals surface area contributed by atoms with Crippen molar-refractivity contribution in [3.8, 4) is 0 Å². The summed E-state index contributed by atoms with van der Waals surface area (Å²) >= 11 is 0. The van der Waals surface area contributed by atoms with Gasteiger partial charge in [-0.15, -0.1) is 0 Å². The van der Waals surface area contributed by atoms with Gasteiger partial charge in [-0.25, -0.2) is 0 Å². The van der Waals surface area contributed by atoms with Gasteiger partial charge in [-0.2, -0.15) is 0 Å². The Morgan fingerprint density at radius 2 is 2.14 bits per heavy atom. The highest BCUT2D eigenvalue weighted by Crippen LogP contribution is 2.52. The van der Waals surface area contributed by atoms with E-state index >= 15 is 0 Å². The van der Waals surface area contributed by atoms with Gasteiger partial charge in [0.2, 0.25) is 0 Å².